The van der Waals surface area contributed by atoms with Crippen molar-refractivity contribution in [3.8, 4) is 11.5 Å². The number of carbonyl (C=O) groups excluding carboxylic acids is 2. The number of rotatable bonds is 6. The zero-order chi connectivity index (χ0) is 20.3. The van der Waals surface area contributed by atoms with E-state index in [4.69, 9.17) is 4.74 Å². The summed E-state index contributed by atoms with van der Waals surface area (Å²) in [5, 5.41) is 7.29. The lowest BCUT2D eigenvalue weighted by Crippen LogP contribution is -2.40. The molecule has 146 valence electrons. The molecule has 1 saturated heterocycles. The monoisotopic (exact) mass is 389 g/mol. The number of urea groups is 1. The van der Waals surface area contributed by atoms with Crippen LogP contribution in [0.1, 0.15) is 18.1 Å². The molecule has 1 aliphatic heterocycles. The molecule has 1 aliphatic rings. The minimum absolute atomic E-state index is 0.00535. The molecule has 0 aliphatic carbocycles. The van der Waals surface area contributed by atoms with Gasteiger partial charge in [-0.2, -0.15) is 13.9 Å². The van der Waals surface area contributed by atoms with E-state index in [1.807, 2.05) is 0 Å². The molecule has 3 amide bonds. The molecule has 0 aromatic heterocycles. The zero-order valence-electron chi connectivity index (χ0n) is 15.1. The zero-order valence-corrected chi connectivity index (χ0v) is 15.1. The number of hydrogen-bond acceptors (Lipinski definition) is 5. The molecule has 0 radical (unpaired) electrons. The summed E-state index contributed by atoms with van der Waals surface area (Å²) in [4.78, 5) is 25.0. The van der Waals surface area contributed by atoms with E-state index in [0.717, 1.165) is 5.01 Å². The first-order valence-corrected chi connectivity index (χ1v) is 8.23. The van der Waals surface area contributed by atoms with Gasteiger partial charge in [0.2, 0.25) is 0 Å². The van der Waals surface area contributed by atoms with E-state index in [-0.39, 0.29) is 5.75 Å². The van der Waals surface area contributed by atoms with Crippen molar-refractivity contribution in [3.05, 3.63) is 59.7 Å². The molecule has 0 spiro atoms. The van der Waals surface area contributed by atoms with Crippen LogP contribution in [0.4, 0.5) is 13.6 Å². The number of amides is 3. The van der Waals surface area contributed by atoms with Crippen LogP contribution in [-0.2, 0) is 10.3 Å². The minimum Gasteiger partial charge on any atom is -0.497 e. The topological polar surface area (TPSA) is 80.2 Å². The maximum absolute atomic E-state index is 12.8. The molecule has 1 fully saturated rings. The van der Waals surface area contributed by atoms with Crippen LogP contribution in [0.5, 0.6) is 11.5 Å². The summed E-state index contributed by atoms with van der Waals surface area (Å²) >= 11 is 0. The molecule has 2 aromatic rings. The fourth-order valence-corrected chi connectivity index (χ4v) is 2.71. The summed E-state index contributed by atoms with van der Waals surface area (Å²) in [6, 6.07) is 11.7. The first kappa shape index (κ1) is 19.3. The van der Waals surface area contributed by atoms with Crippen LogP contribution in [0.3, 0.4) is 0 Å². The maximum Gasteiger partial charge on any atom is 0.387 e. The van der Waals surface area contributed by atoms with Crippen LogP contribution >= 0.6 is 0 Å². The van der Waals surface area contributed by atoms with E-state index < -0.39 is 24.1 Å². The fraction of sp³-hybridized carbons (Fsp3) is 0.211. The number of hydrogen-bond donors (Lipinski definition) is 1. The molecule has 1 N–H and O–H groups in total. The quantitative estimate of drug-likeness (QED) is 0.608. The summed E-state index contributed by atoms with van der Waals surface area (Å²) in [6.07, 6.45) is 1.28. The lowest BCUT2D eigenvalue weighted by atomic mass is 9.92. The Hall–Kier alpha value is -3.49. The van der Waals surface area contributed by atoms with Crippen molar-refractivity contribution in [1.29, 1.82) is 0 Å². The maximum atomic E-state index is 12.8. The van der Waals surface area contributed by atoms with Gasteiger partial charge in [-0.15, -0.1) is 5.01 Å². The third kappa shape index (κ3) is 3.78. The van der Waals surface area contributed by atoms with Crippen LogP contribution in [0, 0.1) is 0 Å². The molecular weight excluding hydrogens is 372 g/mol. The van der Waals surface area contributed by atoms with Gasteiger partial charge in [-0.3, -0.25) is 4.79 Å². The van der Waals surface area contributed by atoms with E-state index in [0.29, 0.717) is 16.9 Å². The number of halogens is 2. The molecule has 9 heteroatoms. The average molecular weight is 389 g/mol. The van der Waals surface area contributed by atoms with Crippen molar-refractivity contribution in [3.63, 3.8) is 0 Å². The van der Waals surface area contributed by atoms with E-state index in [1.165, 1.54) is 37.6 Å². The van der Waals surface area contributed by atoms with Gasteiger partial charge in [0.05, 0.1) is 13.3 Å². The standard InChI is InChI=1S/C19H17F2N3O4/c1-19(13-5-9-14(27-2)10-6-13)16(25)24(18(26)23-19)22-11-12-3-7-15(8-4-12)28-17(20)21/h3-11,17H,1-2H3,(H,23,26)/b22-11-/t19-/m0/s1. The highest BCUT2D eigenvalue weighted by Crippen LogP contribution is 2.30. The summed E-state index contributed by atoms with van der Waals surface area (Å²) < 4.78 is 33.7. The Morgan fingerprint density at radius 2 is 1.68 bits per heavy atom. The lowest BCUT2D eigenvalue weighted by molar-refractivity contribution is -0.131. The Balaban J connectivity index is 1.76. The van der Waals surface area contributed by atoms with Gasteiger partial charge in [0, 0.05) is 0 Å². The highest BCUT2D eigenvalue weighted by Gasteiger charge is 2.49. The van der Waals surface area contributed by atoms with E-state index in [1.54, 1.807) is 31.2 Å². The van der Waals surface area contributed by atoms with Crippen LogP contribution in [0.15, 0.2) is 53.6 Å². The second-order valence-electron chi connectivity index (χ2n) is 6.09. The van der Waals surface area contributed by atoms with Gasteiger partial charge in [0.25, 0.3) is 5.91 Å². The Morgan fingerprint density at radius 3 is 2.25 bits per heavy atom. The number of benzene rings is 2. The molecule has 3 rings (SSSR count). The number of nitrogens with one attached hydrogen (secondary N) is 1. The van der Waals surface area contributed by atoms with Crippen LogP contribution in [-0.4, -0.2) is 36.9 Å². The van der Waals surface area contributed by atoms with Crippen molar-refractivity contribution in [2.45, 2.75) is 19.1 Å². The molecule has 1 atom stereocenters. The minimum atomic E-state index is -2.92. The summed E-state index contributed by atoms with van der Waals surface area (Å²) in [7, 11) is 1.53. The van der Waals surface area contributed by atoms with Crippen LogP contribution in [0.2, 0.25) is 0 Å². The number of alkyl halides is 2. The van der Waals surface area contributed by atoms with Crippen molar-refractivity contribution in [2.24, 2.45) is 5.10 Å². The van der Waals surface area contributed by atoms with Crippen molar-refractivity contribution in [2.75, 3.05) is 7.11 Å². The molecule has 0 bridgehead atoms. The highest BCUT2D eigenvalue weighted by atomic mass is 19.3. The van der Waals surface area contributed by atoms with Crippen LogP contribution < -0.4 is 14.8 Å². The van der Waals surface area contributed by atoms with Crippen molar-refractivity contribution in [1.82, 2.24) is 10.3 Å². The van der Waals surface area contributed by atoms with Gasteiger partial charge in [-0.05, 0) is 54.4 Å². The average Bonchev–Trinajstić information content (AvgIpc) is 2.90. The molecular formula is C19H17F2N3O4. The predicted octanol–water partition coefficient (Wildman–Crippen LogP) is 3.10. The van der Waals surface area contributed by atoms with E-state index >= 15 is 0 Å². The van der Waals surface area contributed by atoms with Gasteiger partial charge >= 0.3 is 12.6 Å². The number of ether oxygens (including phenoxy) is 2. The number of methoxy groups -OCH3 is 1. The summed E-state index contributed by atoms with van der Waals surface area (Å²) in [5.74, 6) is 0.0732. The number of nitrogens with zero attached hydrogens (tertiary/aromatic N) is 2. The molecule has 0 unspecified atom stereocenters. The molecule has 0 saturated carbocycles. The van der Waals surface area contributed by atoms with Gasteiger partial charge in [0.1, 0.15) is 17.0 Å². The fourth-order valence-electron chi connectivity index (χ4n) is 2.71. The largest absolute Gasteiger partial charge is 0.497 e. The molecule has 7 nitrogen and oxygen atoms in total. The van der Waals surface area contributed by atoms with Crippen molar-refractivity contribution >= 4 is 18.2 Å². The second kappa shape index (κ2) is 7.63. The Kier molecular flexibility index (Phi) is 5.25. The third-order valence-electron chi connectivity index (χ3n) is 4.26. The number of carbonyl (C=O) groups is 2. The smallest absolute Gasteiger partial charge is 0.387 e. The van der Waals surface area contributed by atoms with Crippen LogP contribution in [0.25, 0.3) is 0 Å². The third-order valence-corrected chi connectivity index (χ3v) is 4.26. The normalized spacial score (nSPS) is 19.4. The van der Waals surface area contributed by atoms with E-state index in [9.17, 15) is 18.4 Å². The molecule has 1 heterocycles. The van der Waals surface area contributed by atoms with Gasteiger partial charge in [-0.25, -0.2) is 4.79 Å². The first-order valence-electron chi connectivity index (χ1n) is 8.23. The predicted molar refractivity (Wildman–Crippen MR) is 96.4 cm³/mol. The number of hydrazone groups is 1. The Morgan fingerprint density at radius 1 is 1.07 bits per heavy atom. The molecule has 2 aromatic carbocycles. The first-order chi connectivity index (χ1) is 13.3. The van der Waals surface area contributed by atoms with Gasteiger partial charge < -0.3 is 14.8 Å². The van der Waals surface area contributed by atoms with Crippen molar-refractivity contribution < 1.29 is 27.8 Å². The Bertz CT molecular complexity index is 900. The highest BCUT2D eigenvalue weighted by molar-refractivity contribution is 6.07. The van der Waals surface area contributed by atoms with E-state index in [2.05, 4.69) is 15.2 Å². The van der Waals surface area contributed by atoms with Gasteiger partial charge in [0.15, 0.2) is 0 Å². The van der Waals surface area contributed by atoms with Gasteiger partial charge in [-0.1, -0.05) is 12.1 Å². The number of imide groups is 1. The summed E-state index contributed by atoms with van der Waals surface area (Å²) in [5.41, 5.74) is -0.187. The Labute approximate surface area is 159 Å². The summed E-state index contributed by atoms with van der Waals surface area (Å²) in [6.45, 7) is -1.33. The molecule has 28 heavy (non-hydrogen) atoms. The SMILES string of the molecule is COc1ccc([C@]2(C)NC(=O)N(/N=C\c3ccc(OC(F)F)cc3)C2=O)cc1. The lowest BCUT2D eigenvalue weighted by Gasteiger charge is -2.21. The second-order valence-corrected chi connectivity index (χ2v) is 6.09.